The fourth-order valence-corrected chi connectivity index (χ4v) is 3.70. The number of hydrogen-bond acceptors (Lipinski definition) is 3. The molecule has 1 fully saturated rings. The number of hydrogen-bond donors (Lipinski definition) is 3. The van der Waals surface area contributed by atoms with Gasteiger partial charge in [0, 0.05) is 36.4 Å². The first kappa shape index (κ1) is 18.9. The normalized spacial score (nSPS) is 15.7. The highest BCUT2D eigenvalue weighted by molar-refractivity contribution is 5.96. The highest BCUT2D eigenvalue weighted by Crippen LogP contribution is 2.36. The number of urea groups is 1. The molecule has 142 valence electrons. The summed E-state index contributed by atoms with van der Waals surface area (Å²) in [6.45, 7) is 4.01. The number of rotatable bonds is 5. The molecule has 6 nitrogen and oxygen atoms in total. The van der Waals surface area contributed by atoms with Crippen LogP contribution in [0.25, 0.3) is 0 Å². The van der Waals surface area contributed by atoms with Gasteiger partial charge in [0.25, 0.3) is 5.91 Å². The first-order chi connectivity index (χ1) is 13.0. The van der Waals surface area contributed by atoms with E-state index in [1.54, 1.807) is 24.3 Å². The molecule has 0 aromatic heterocycles. The van der Waals surface area contributed by atoms with Crippen LogP contribution >= 0.6 is 0 Å². The lowest BCUT2D eigenvalue weighted by atomic mass is 9.72. The van der Waals surface area contributed by atoms with Crippen molar-refractivity contribution in [1.29, 1.82) is 0 Å². The molecule has 27 heavy (non-hydrogen) atoms. The van der Waals surface area contributed by atoms with Crippen molar-refractivity contribution in [3.05, 3.63) is 65.2 Å². The van der Waals surface area contributed by atoms with Crippen molar-refractivity contribution in [2.24, 2.45) is 5.73 Å². The second kappa shape index (κ2) is 8.22. The average molecular weight is 367 g/mol. The van der Waals surface area contributed by atoms with Crippen molar-refractivity contribution in [2.45, 2.75) is 25.2 Å². The summed E-state index contributed by atoms with van der Waals surface area (Å²) in [5.74, 6) is -0.178. The number of anilines is 1. The number of benzene rings is 2. The van der Waals surface area contributed by atoms with Gasteiger partial charge in [-0.3, -0.25) is 4.79 Å². The topological polar surface area (TPSA) is 93.5 Å². The van der Waals surface area contributed by atoms with E-state index in [1.165, 1.54) is 11.1 Å². The first-order valence-corrected chi connectivity index (χ1v) is 9.09. The maximum atomic E-state index is 12.7. The van der Waals surface area contributed by atoms with E-state index in [1.807, 2.05) is 12.1 Å². The van der Waals surface area contributed by atoms with Crippen LogP contribution in [0.5, 0.6) is 0 Å². The third kappa shape index (κ3) is 4.46. The Kier molecular flexibility index (Phi) is 5.76. The molecule has 0 atom stereocenters. The molecule has 0 unspecified atom stereocenters. The van der Waals surface area contributed by atoms with Gasteiger partial charge in [0.1, 0.15) is 0 Å². The van der Waals surface area contributed by atoms with Gasteiger partial charge in [-0.05, 0) is 49.1 Å². The summed E-state index contributed by atoms with van der Waals surface area (Å²) in [6, 6.07) is 14.4. The van der Waals surface area contributed by atoms with Crippen molar-refractivity contribution in [1.82, 2.24) is 5.32 Å². The van der Waals surface area contributed by atoms with E-state index in [4.69, 9.17) is 10.5 Å². The Morgan fingerprint density at radius 3 is 2.56 bits per heavy atom. The monoisotopic (exact) mass is 367 g/mol. The zero-order chi connectivity index (χ0) is 19.3. The maximum absolute atomic E-state index is 12.7. The molecule has 1 aliphatic rings. The standard InChI is InChI=1S/C21H25N3O3/c1-15-5-2-3-8-18(15)21(9-11-27-12-10-21)14-23-19(25)16-6-4-7-17(13-16)24-20(22)26/h2-8,13H,9-12,14H2,1H3,(H,23,25)(H3,22,24,26). The Morgan fingerprint density at radius 1 is 1.11 bits per heavy atom. The van der Waals surface area contributed by atoms with Crippen LogP contribution in [-0.4, -0.2) is 31.7 Å². The van der Waals surface area contributed by atoms with Crippen molar-refractivity contribution in [3.63, 3.8) is 0 Å². The Bertz CT molecular complexity index is 829. The van der Waals surface area contributed by atoms with Crippen LogP contribution in [0, 0.1) is 6.92 Å². The van der Waals surface area contributed by atoms with E-state index in [9.17, 15) is 9.59 Å². The van der Waals surface area contributed by atoms with E-state index in [-0.39, 0.29) is 11.3 Å². The number of nitrogens with two attached hydrogens (primary N) is 1. The number of nitrogens with one attached hydrogen (secondary N) is 2. The third-order valence-corrected chi connectivity index (χ3v) is 5.15. The largest absolute Gasteiger partial charge is 0.381 e. The molecule has 0 spiro atoms. The van der Waals surface area contributed by atoms with Crippen LogP contribution in [0.2, 0.25) is 0 Å². The summed E-state index contributed by atoms with van der Waals surface area (Å²) in [5, 5.41) is 5.57. The van der Waals surface area contributed by atoms with Gasteiger partial charge in [-0.15, -0.1) is 0 Å². The highest BCUT2D eigenvalue weighted by Gasteiger charge is 2.35. The molecule has 4 N–H and O–H groups in total. The highest BCUT2D eigenvalue weighted by atomic mass is 16.5. The van der Waals surface area contributed by atoms with Crippen molar-refractivity contribution >= 4 is 17.6 Å². The van der Waals surface area contributed by atoms with Gasteiger partial charge in [-0.1, -0.05) is 30.3 Å². The lowest BCUT2D eigenvalue weighted by Crippen LogP contribution is -2.45. The van der Waals surface area contributed by atoms with Gasteiger partial charge >= 0.3 is 6.03 Å². The SMILES string of the molecule is Cc1ccccc1C1(CNC(=O)c2cccc(NC(N)=O)c2)CCOCC1. The summed E-state index contributed by atoms with van der Waals surface area (Å²) in [5.41, 5.74) is 8.46. The van der Waals surface area contributed by atoms with Gasteiger partial charge in [-0.2, -0.15) is 0 Å². The molecular formula is C21H25N3O3. The van der Waals surface area contributed by atoms with Crippen molar-refractivity contribution in [3.8, 4) is 0 Å². The van der Waals surface area contributed by atoms with Crippen LogP contribution in [0.3, 0.4) is 0 Å². The quantitative estimate of drug-likeness (QED) is 0.758. The molecule has 3 rings (SSSR count). The van der Waals surface area contributed by atoms with Crippen LogP contribution in [-0.2, 0) is 10.2 Å². The lowest BCUT2D eigenvalue weighted by Gasteiger charge is -2.39. The fourth-order valence-electron chi connectivity index (χ4n) is 3.70. The van der Waals surface area contributed by atoms with E-state index < -0.39 is 6.03 Å². The molecule has 1 heterocycles. The zero-order valence-electron chi connectivity index (χ0n) is 15.5. The molecule has 0 aliphatic carbocycles. The van der Waals surface area contributed by atoms with E-state index >= 15 is 0 Å². The van der Waals surface area contributed by atoms with Gasteiger partial charge in [0.2, 0.25) is 0 Å². The zero-order valence-corrected chi connectivity index (χ0v) is 15.5. The van der Waals surface area contributed by atoms with Crippen LogP contribution in [0.4, 0.5) is 10.5 Å². The Labute approximate surface area is 159 Å². The third-order valence-electron chi connectivity index (χ3n) is 5.15. The molecule has 3 amide bonds. The lowest BCUT2D eigenvalue weighted by molar-refractivity contribution is 0.0485. The predicted octanol–water partition coefficient (Wildman–Crippen LogP) is 2.96. The second-order valence-electron chi connectivity index (χ2n) is 6.96. The van der Waals surface area contributed by atoms with Crippen LogP contribution in [0.1, 0.15) is 34.3 Å². The van der Waals surface area contributed by atoms with Crippen molar-refractivity contribution in [2.75, 3.05) is 25.1 Å². The minimum atomic E-state index is -0.659. The molecule has 2 aromatic carbocycles. The predicted molar refractivity (Wildman–Crippen MR) is 105 cm³/mol. The van der Waals surface area contributed by atoms with E-state index in [0.29, 0.717) is 31.0 Å². The van der Waals surface area contributed by atoms with Gasteiger partial charge in [0.15, 0.2) is 0 Å². The van der Waals surface area contributed by atoms with Gasteiger partial charge in [0.05, 0.1) is 0 Å². The summed E-state index contributed by atoms with van der Waals surface area (Å²) in [7, 11) is 0. The molecule has 6 heteroatoms. The second-order valence-corrected chi connectivity index (χ2v) is 6.96. The minimum Gasteiger partial charge on any atom is -0.381 e. The fraction of sp³-hybridized carbons (Fsp3) is 0.333. The van der Waals surface area contributed by atoms with Gasteiger partial charge in [-0.25, -0.2) is 4.79 Å². The molecule has 0 saturated carbocycles. The molecule has 1 saturated heterocycles. The maximum Gasteiger partial charge on any atom is 0.316 e. The molecule has 0 radical (unpaired) electrons. The number of amides is 3. The molecule has 1 aliphatic heterocycles. The average Bonchev–Trinajstić information content (AvgIpc) is 2.67. The number of carbonyl (C=O) groups excluding carboxylic acids is 2. The molecule has 2 aromatic rings. The van der Waals surface area contributed by atoms with Crippen LogP contribution in [0.15, 0.2) is 48.5 Å². The summed E-state index contributed by atoms with van der Waals surface area (Å²) >= 11 is 0. The Morgan fingerprint density at radius 2 is 1.85 bits per heavy atom. The number of primary amides is 1. The van der Waals surface area contributed by atoms with E-state index in [2.05, 4.69) is 29.7 Å². The number of aryl methyl sites for hydroxylation is 1. The minimum absolute atomic E-state index is 0.137. The number of carbonyl (C=O) groups is 2. The summed E-state index contributed by atoms with van der Waals surface area (Å²) in [6.07, 6.45) is 1.73. The van der Waals surface area contributed by atoms with Gasteiger partial charge < -0.3 is 21.1 Å². The molecular weight excluding hydrogens is 342 g/mol. The van der Waals surface area contributed by atoms with Crippen LogP contribution < -0.4 is 16.4 Å². The number of ether oxygens (including phenoxy) is 1. The summed E-state index contributed by atoms with van der Waals surface area (Å²) in [4.78, 5) is 23.7. The Hall–Kier alpha value is -2.86. The summed E-state index contributed by atoms with van der Waals surface area (Å²) < 4.78 is 5.57. The smallest absolute Gasteiger partial charge is 0.316 e. The Balaban J connectivity index is 1.77. The molecule has 0 bridgehead atoms. The van der Waals surface area contributed by atoms with E-state index in [0.717, 1.165) is 12.8 Å². The van der Waals surface area contributed by atoms with Crippen molar-refractivity contribution < 1.29 is 14.3 Å². The first-order valence-electron chi connectivity index (χ1n) is 9.09.